The fraction of sp³-hybridized carbons (Fsp3) is 0.458. The summed E-state index contributed by atoms with van der Waals surface area (Å²) in [6.45, 7) is 5.24. The molecule has 0 radical (unpaired) electrons. The number of carbonyl (C=O) groups is 7. The SMILES string of the molecule is CCN1CCN(C(=O)NC(C(=O)N[C@H]2C(=O)N3[C@@H]2SC(C)(C)[C@]3(NC=O)C(=O)O)c2ccccc2)C(=O)C1=O. The molecular weight excluding hydrogens is 532 g/mol. The minimum Gasteiger partial charge on any atom is -0.478 e. The number of carboxylic acids is 1. The average Bonchev–Trinajstić information content (AvgIpc) is 3.12. The molecule has 208 valence electrons. The van der Waals surface area contributed by atoms with Gasteiger partial charge in [-0.3, -0.25) is 33.8 Å². The quantitative estimate of drug-likeness (QED) is 0.173. The van der Waals surface area contributed by atoms with E-state index in [0.717, 1.165) is 21.6 Å². The molecule has 0 spiro atoms. The predicted octanol–water partition coefficient (Wildman–Crippen LogP) is -1.17. The van der Waals surface area contributed by atoms with Crippen molar-refractivity contribution in [3.05, 3.63) is 35.9 Å². The third-order valence-electron chi connectivity index (χ3n) is 7.16. The summed E-state index contributed by atoms with van der Waals surface area (Å²) < 4.78 is -1.15. The van der Waals surface area contributed by atoms with Crippen LogP contribution < -0.4 is 16.0 Å². The highest BCUT2D eigenvalue weighted by Gasteiger charge is 2.73. The summed E-state index contributed by atoms with van der Waals surface area (Å²) in [5, 5.41) is 16.5. The zero-order chi connectivity index (χ0) is 28.7. The summed E-state index contributed by atoms with van der Waals surface area (Å²) >= 11 is 1.10. The normalized spacial score (nSPS) is 26.3. The molecular formula is C24H28N6O8S. The first-order chi connectivity index (χ1) is 18.4. The van der Waals surface area contributed by atoms with Gasteiger partial charge in [-0.05, 0) is 26.3 Å². The monoisotopic (exact) mass is 560 g/mol. The Kier molecular flexibility index (Phi) is 7.29. The molecule has 15 heteroatoms. The highest BCUT2D eigenvalue weighted by atomic mass is 32.2. The van der Waals surface area contributed by atoms with E-state index >= 15 is 0 Å². The molecule has 1 unspecified atom stereocenters. The van der Waals surface area contributed by atoms with E-state index in [1.165, 1.54) is 4.90 Å². The summed E-state index contributed by atoms with van der Waals surface area (Å²) in [6, 6.07) is 4.66. The number of imide groups is 1. The van der Waals surface area contributed by atoms with Crippen molar-refractivity contribution in [2.24, 2.45) is 0 Å². The van der Waals surface area contributed by atoms with Crippen LogP contribution in [0.3, 0.4) is 0 Å². The van der Waals surface area contributed by atoms with E-state index in [1.807, 2.05) is 0 Å². The number of fused-ring (bicyclic) bond motifs is 1. The van der Waals surface area contributed by atoms with Crippen LogP contribution in [-0.2, 0) is 28.8 Å². The van der Waals surface area contributed by atoms with Crippen LogP contribution in [0.4, 0.5) is 4.79 Å². The van der Waals surface area contributed by atoms with Crippen molar-refractivity contribution in [2.75, 3.05) is 19.6 Å². The molecule has 14 nitrogen and oxygen atoms in total. The van der Waals surface area contributed by atoms with Gasteiger partial charge in [0.1, 0.15) is 17.5 Å². The average molecular weight is 561 g/mol. The highest BCUT2D eigenvalue weighted by Crippen LogP contribution is 2.55. The molecule has 3 fully saturated rings. The molecule has 0 aliphatic carbocycles. The van der Waals surface area contributed by atoms with E-state index in [2.05, 4.69) is 16.0 Å². The van der Waals surface area contributed by atoms with Gasteiger partial charge in [-0.25, -0.2) is 9.59 Å². The van der Waals surface area contributed by atoms with Crippen molar-refractivity contribution < 1.29 is 38.7 Å². The maximum Gasteiger partial charge on any atom is 0.352 e. The van der Waals surface area contributed by atoms with Gasteiger partial charge in [0.2, 0.25) is 18.0 Å². The number of piperazine rings is 1. The predicted molar refractivity (Wildman–Crippen MR) is 135 cm³/mol. The Labute approximate surface area is 227 Å². The molecule has 1 aromatic carbocycles. The van der Waals surface area contributed by atoms with E-state index in [-0.39, 0.29) is 19.5 Å². The number of β-lactam (4-membered cyclic amide) rings is 1. The number of rotatable bonds is 8. The van der Waals surface area contributed by atoms with Gasteiger partial charge in [-0.15, -0.1) is 11.8 Å². The molecule has 4 N–H and O–H groups in total. The molecule has 1 aromatic rings. The Morgan fingerprint density at radius 1 is 1.13 bits per heavy atom. The Hall–Kier alpha value is -4.14. The number of amides is 7. The first-order valence-corrected chi connectivity index (χ1v) is 13.0. The lowest BCUT2D eigenvalue weighted by Crippen LogP contribution is -2.79. The van der Waals surface area contributed by atoms with E-state index in [9.17, 15) is 38.7 Å². The second-order valence-electron chi connectivity index (χ2n) is 9.63. The van der Waals surface area contributed by atoms with E-state index in [1.54, 1.807) is 51.1 Å². The Bertz CT molecular complexity index is 1240. The van der Waals surface area contributed by atoms with Gasteiger partial charge < -0.3 is 26.0 Å². The maximum absolute atomic E-state index is 13.5. The third kappa shape index (κ3) is 4.35. The van der Waals surface area contributed by atoms with Crippen molar-refractivity contribution in [3.63, 3.8) is 0 Å². The number of carboxylic acid groups (broad SMARTS) is 1. The summed E-state index contributed by atoms with van der Waals surface area (Å²) in [5.41, 5.74) is -1.68. The van der Waals surface area contributed by atoms with Gasteiger partial charge >= 0.3 is 23.8 Å². The van der Waals surface area contributed by atoms with Crippen molar-refractivity contribution in [1.29, 1.82) is 0 Å². The second-order valence-corrected chi connectivity index (χ2v) is 11.4. The van der Waals surface area contributed by atoms with Crippen LogP contribution in [-0.4, -0.2) is 103 Å². The first-order valence-electron chi connectivity index (χ1n) is 12.1. The van der Waals surface area contributed by atoms with Crippen LogP contribution in [0.1, 0.15) is 32.4 Å². The molecule has 4 atom stereocenters. The summed E-state index contributed by atoms with van der Waals surface area (Å²) in [7, 11) is 0. The number of nitrogens with one attached hydrogen (secondary N) is 3. The zero-order valence-corrected chi connectivity index (χ0v) is 22.2. The lowest BCUT2D eigenvalue weighted by molar-refractivity contribution is -0.175. The van der Waals surface area contributed by atoms with E-state index < -0.39 is 63.5 Å². The molecule has 7 amide bonds. The van der Waals surface area contributed by atoms with Crippen molar-refractivity contribution in [2.45, 2.75) is 48.6 Å². The van der Waals surface area contributed by atoms with E-state index in [4.69, 9.17) is 0 Å². The molecule has 3 saturated heterocycles. The molecule has 3 heterocycles. The van der Waals surface area contributed by atoms with Gasteiger partial charge in [0.15, 0.2) is 0 Å². The Morgan fingerprint density at radius 3 is 2.38 bits per heavy atom. The number of urea groups is 1. The highest BCUT2D eigenvalue weighted by molar-refractivity contribution is 8.01. The number of aliphatic carboxylic acids is 1. The standard InChI is InChI=1S/C24H28N6O8S/c1-4-28-10-11-29(19(35)18(28)34)22(38)27-14(13-8-6-5-7-9-13)16(32)26-15-17(33)30-20(15)39-23(2,3)24(30,21(36)37)25-12-31/h5-9,12,14-15,20H,4,10-11H2,1-3H3,(H,25,31)(H,26,32)(H,27,38)(H,36,37)/t14?,15-,20+,24-/m0/s1. The number of hydrogen-bond donors (Lipinski definition) is 4. The van der Waals surface area contributed by atoms with E-state index in [0.29, 0.717) is 12.1 Å². The molecule has 3 aliphatic heterocycles. The summed E-state index contributed by atoms with van der Waals surface area (Å²) in [6.07, 6.45) is 0.214. The minimum atomic E-state index is -2.02. The molecule has 4 rings (SSSR count). The van der Waals surface area contributed by atoms with Gasteiger partial charge in [0.05, 0.1) is 4.75 Å². The molecule has 0 saturated carbocycles. The Morgan fingerprint density at radius 2 is 1.79 bits per heavy atom. The van der Waals surface area contributed by atoms with Crippen LogP contribution in [0, 0.1) is 0 Å². The van der Waals surface area contributed by atoms with Gasteiger partial charge in [0, 0.05) is 19.6 Å². The largest absolute Gasteiger partial charge is 0.478 e. The molecule has 39 heavy (non-hydrogen) atoms. The van der Waals surface area contributed by atoms with Gasteiger partial charge in [-0.2, -0.15) is 0 Å². The second kappa shape index (κ2) is 10.2. The van der Waals surface area contributed by atoms with Crippen LogP contribution in [0.25, 0.3) is 0 Å². The lowest BCUT2D eigenvalue weighted by Gasteiger charge is -2.49. The zero-order valence-electron chi connectivity index (χ0n) is 21.4. The van der Waals surface area contributed by atoms with Crippen LogP contribution in [0.2, 0.25) is 0 Å². The number of likely N-dealkylation sites (N-methyl/N-ethyl adjacent to an activating group) is 1. The van der Waals surface area contributed by atoms with Crippen molar-refractivity contribution in [1.82, 2.24) is 30.7 Å². The summed E-state index contributed by atoms with van der Waals surface area (Å²) in [5.74, 6) is -4.78. The smallest absolute Gasteiger partial charge is 0.352 e. The molecule has 3 aliphatic rings. The number of thioether (sulfide) groups is 1. The van der Waals surface area contributed by atoms with Crippen LogP contribution in [0.15, 0.2) is 30.3 Å². The van der Waals surface area contributed by atoms with Crippen LogP contribution in [0.5, 0.6) is 0 Å². The topological polar surface area (TPSA) is 186 Å². The molecule has 0 bridgehead atoms. The fourth-order valence-corrected chi connectivity index (χ4v) is 6.76. The van der Waals surface area contributed by atoms with Crippen molar-refractivity contribution in [3.8, 4) is 0 Å². The van der Waals surface area contributed by atoms with Gasteiger partial charge in [-0.1, -0.05) is 30.3 Å². The first kappa shape index (κ1) is 27.9. The number of hydrogen-bond acceptors (Lipinski definition) is 8. The number of benzene rings is 1. The fourth-order valence-electron chi connectivity index (χ4n) is 5.06. The minimum absolute atomic E-state index is 0.0573. The van der Waals surface area contributed by atoms with Crippen LogP contribution >= 0.6 is 11.8 Å². The van der Waals surface area contributed by atoms with Crippen molar-refractivity contribution >= 4 is 53.8 Å². The number of carbonyl (C=O) groups excluding carboxylic acids is 6. The third-order valence-corrected chi connectivity index (χ3v) is 8.77. The van der Waals surface area contributed by atoms with Gasteiger partial charge in [0.25, 0.3) is 5.91 Å². The molecule has 0 aromatic heterocycles. The maximum atomic E-state index is 13.5. The summed E-state index contributed by atoms with van der Waals surface area (Å²) in [4.78, 5) is 90.9. The number of nitrogens with zero attached hydrogens (tertiary/aromatic N) is 3. The Balaban J connectivity index is 1.55. The lowest BCUT2D eigenvalue weighted by atomic mass is 9.88.